The molecule has 10 heteroatoms. The smallest absolute Gasteiger partial charge is 0.404 e. The topological polar surface area (TPSA) is 114 Å². The lowest BCUT2D eigenvalue weighted by molar-refractivity contribution is -0.144. The normalized spacial score (nSPS) is 35.8. The first-order valence-corrected chi connectivity index (χ1v) is 9.80. The van der Waals surface area contributed by atoms with E-state index in [-0.39, 0.29) is 36.0 Å². The van der Waals surface area contributed by atoms with Crippen molar-refractivity contribution in [2.45, 2.75) is 24.7 Å². The molecule has 0 spiro atoms. The van der Waals surface area contributed by atoms with Crippen LogP contribution in [0.5, 0.6) is 0 Å². The van der Waals surface area contributed by atoms with E-state index in [9.17, 15) is 14.4 Å². The van der Waals surface area contributed by atoms with Crippen molar-refractivity contribution in [3.63, 3.8) is 0 Å². The van der Waals surface area contributed by atoms with Gasteiger partial charge in [0, 0.05) is 43.1 Å². The van der Waals surface area contributed by atoms with Crippen molar-refractivity contribution in [3.8, 4) is 0 Å². The number of fused-ring (bicyclic) bond motifs is 4. The fraction of sp³-hybridized carbons (Fsp3) is 0.611. The first kappa shape index (κ1) is 19.3. The Labute approximate surface area is 168 Å². The van der Waals surface area contributed by atoms with Gasteiger partial charge in [0.1, 0.15) is 6.61 Å². The highest BCUT2D eigenvalue weighted by Crippen LogP contribution is 2.59. The highest BCUT2D eigenvalue weighted by molar-refractivity contribution is 7.80. The lowest BCUT2D eigenvalue weighted by Gasteiger charge is -2.40. The van der Waals surface area contributed by atoms with Crippen molar-refractivity contribution in [1.29, 1.82) is 0 Å². The zero-order valence-corrected chi connectivity index (χ0v) is 16.9. The van der Waals surface area contributed by atoms with Crippen molar-refractivity contribution in [2.24, 2.45) is 11.7 Å². The van der Waals surface area contributed by atoms with Gasteiger partial charge in [-0.2, -0.15) is 12.6 Å². The van der Waals surface area contributed by atoms with Crippen LogP contribution in [0.15, 0.2) is 22.5 Å². The Hall–Kier alpha value is -2.04. The predicted molar refractivity (Wildman–Crippen MR) is 102 cm³/mol. The van der Waals surface area contributed by atoms with E-state index < -0.39 is 17.7 Å². The molecule has 2 fully saturated rings. The summed E-state index contributed by atoms with van der Waals surface area (Å²) in [7, 11) is 3.54. The molecule has 5 atom stereocenters. The molecule has 2 saturated heterocycles. The van der Waals surface area contributed by atoms with Crippen LogP contribution in [0.2, 0.25) is 0 Å². The Bertz CT molecular complexity index is 840. The maximum absolute atomic E-state index is 13.4. The number of hydrogen-bond acceptors (Lipinski definition) is 9. The Kier molecular flexibility index (Phi) is 4.48. The summed E-state index contributed by atoms with van der Waals surface area (Å²) in [5.74, 6) is -0.570. The van der Waals surface area contributed by atoms with Gasteiger partial charge in [-0.25, -0.2) is 4.79 Å². The van der Waals surface area contributed by atoms with E-state index in [1.165, 1.54) is 0 Å². The molecule has 0 aromatic heterocycles. The summed E-state index contributed by atoms with van der Waals surface area (Å²) in [6, 6.07) is 0.223. The second kappa shape index (κ2) is 6.50. The molecule has 3 heterocycles. The molecule has 1 aliphatic carbocycles. The number of nitrogens with one attached hydrogen (secondary N) is 1. The molecule has 28 heavy (non-hydrogen) atoms. The maximum atomic E-state index is 13.4. The number of nitrogens with two attached hydrogens (primary N) is 1. The molecule has 3 N–H and O–H groups in total. The highest BCUT2D eigenvalue weighted by atomic mass is 32.1. The van der Waals surface area contributed by atoms with Gasteiger partial charge in [-0.1, -0.05) is 0 Å². The van der Waals surface area contributed by atoms with Crippen molar-refractivity contribution in [1.82, 2.24) is 15.1 Å². The van der Waals surface area contributed by atoms with Crippen molar-refractivity contribution >= 4 is 30.3 Å². The zero-order chi connectivity index (χ0) is 20.4. The number of rotatable bonds is 6. The number of amides is 1. The second-order valence-corrected chi connectivity index (χ2v) is 7.94. The third-order valence-corrected chi connectivity index (χ3v) is 6.58. The van der Waals surface area contributed by atoms with Crippen molar-refractivity contribution in [2.75, 3.05) is 39.6 Å². The lowest BCUT2D eigenvalue weighted by Crippen LogP contribution is -2.55. The summed E-state index contributed by atoms with van der Waals surface area (Å²) in [4.78, 5) is 42.0. The van der Waals surface area contributed by atoms with Crippen molar-refractivity contribution in [3.05, 3.63) is 22.5 Å². The Morgan fingerprint density at radius 1 is 1.39 bits per heavy atom. The van der Waals surface area contributed by atoms with Crippen LogP contribution in [-0.4, -0.2) is 84.9 Å². The van der Waals surface area contributed by atoms with Crippen LogP contribution >= 0.6 is 12.6 Å². The van der Waals surface area contributed by atoms with Crippen LogP contribution in [0, 0.1) is 5.92 Å². The van der Waals surface area contributed by atoms with E-state index >= 15 is 0 Å². The Morgan fingerprint density at radius 3 is 2.71 bits per heavy atom. The summed E-state index contributed by atoms with van der Waals surface area (Å²) in [6.45, 7) is 2.54. The minimum absolute atomic E-state index is 0.000617. The van der Waals surface area contributed by atoms with Crippen LogP contribution in [-0.2, 0) is 19.1 Å². The minimum atomic E-state index is -0.940. The van der Waals surface area contributed by atoms with Gasteiger partial charge in [0.2, 0.25) is 11.6 Å². The van der Waals surface area contributed by atoms with Gasteiger partial charge in [0.15, 0.2) is 5.72 Å². The van der Waals surface area contributed by atoms with Gasteiger partial charge in [-0.3, -0.25) is 14.5 Å². The highest BCUT2D eigenvalue weighted by Gasteiger charge is 2.75. The SMILES string of the molecule is COC12[C@@H](COC(N)=O)C3=C(C(=O)C(C)=C(NCCS)C3=O)N1C[C@@H]1[C@H]2N1C. The fourth-order valence-electron chi connectivity index (χ4n) is 5.11. The van der Waals surface area contributed by atoms with Crippen LogP contribution in [0.1, 0.15) is 6.92 Å². The molecule has 1 amide bonds. The number of methoxy groups -OCH3 is 1. The Balaban J connectivity index is 1.80. The molecule has 152 valence electrons. The lowest BCUT2D eigenvalue weighted by atomic mass is 9.82. The summed E-state index contributed by atoms with van der Waals surface area (Å²) in [5.41, 5.74) is 5.59. The molecule has 0 aromatic carbocycles. The van der Waals surface area contributed by atoms with Crippen LogP contribution in [0.4, 0.5) is 4.79 Å². The zero-order valence-electron chi connectivity index (χ0n) is 16.0. The largest absolute Gasteiger partial charge is 0.449 e. The average molecular weight is 408 g/mol. The number of likely N-dealkylation sites (N-methyl/N-ethyl adjacent to an activating group) is 1. The molecule has 4 rings (SSSR count). The van der Waals surface area contributed by atoms with Gasteiger partial charge in [-0.05, 0) is 14.0 Å². The van der Waals surface area contributed by atoms with Gasteiger partial charge >= 0.3 is 6.09 Å². The number of primary amides is 1. The monoisotopic (exact) mass is 408 g/mol. The number of piperazine rings is 1. The number of allylic oxidation sites excluding steroid dienone is 2. The number of nitrogens with zero attached hydrogens (tertiary/aromatic N) is 2. The number of hydrogen-bond donors (Lipinski definition) is 3. The van der Waals surface area contributed by atoms with E-state index in [0.717, 1.165) is 0 Å². The number of ether oxygens (including phenoxy) is 2. The minimum Gasteiger partial charge on any atom is -0.449 e. The first-order valence-electron chi connectivity index (χ1n) is 9.17. The van der Waals surface area contributed by atoms with E-state index in [1.807, 2.05) is 11.9 Å². The van der Waals surface area contributed by atoms with E-state index in [4.69, 9.17) is 15.2 Å². The van der Waals surface area contributed by atoms with Crippen LogP contribution in [0.3, 0.4) is 0 Å². The number of carbonyl (C=O) groups excluding carboxylic acids is 3. The molecule has 2 unspecified atom stereocenters. The van der Waals surface area contributed by atoms with Crippen molar-refractivity contribution < 1.29 is 23.9 Å². The van der Waals surface area contributed by atoms with E-state index in [2.05, 4.69) is 22.8 Å². The van der Waals surface area contributed by atoms with Gasteiger partial charge < -0.3 is 25.4 Å². The fourth-order valence-corrected chi connectivity index (χ4v) is 5.22. The molecular formula is C18H24N4O5S. The quantitative estimate of drug-likeness (QED) is 0.299. The van der Waals surface area contributed by atoms with Gasteiger partial charge in [-0.15, -0.1) is 0 Å². The van der Waals surface area contributed by atoms with E-state index in [1.54, 1.807) is 14.0 Å². The molecule has 0 radical (unpaired) electrons. The number of ketones is 2. The summed E-state index contributed by atoms with van der Waals surface area (Å²) in [6.07, 6.45) is -0.930. The van der Waals surface area contributed by atoms with Crippen LogP contribution < -0.4 is 11.1 Å². The first-order chi connectivity index (χ1) is 13.3. The molecule has 0 aromatic rings. The summed E-state index contributed by atoms with van der Waals surface area (Å²) < 4.78 is 11.1. The molecular weight excluding hydrogens is 384 g/mol. The third kappa shape index (κ3) is 2.31. The molecule has 3 aliphatic heterocycles. The number of Topliss-reactive ketones (excluding diaryl/α,β-unsaturated/α-hetero) is 2. The number of thiol groups is 1. The Morgan fingerprint density at radius 2 is 2.11 bits per heavy atom. The predicted octanol–water partition coefficient (Wildman–Crippen LogP) is -0.748. The molecule has 9 nitrogen and oxygen atoms in total. The van der Waals surface area contributed by atoms with E-state index in [0.29, 0.717) is 35.7 Å². The molecule has 0 bridgehead atoms. The second-order valence-electron chi connectivity index (χ2n) is 7.50. The van der Waals surface area contributed by atoms with Gasteiger partial charge in [0.25, 0.3) is 0 Å². The standard InChI is InChI=1S/C18H24N4O5S/c1-8-12(20-4-5-28)15(24)11-9(7-27-17(19)25)18(26-3)16-10(21(16)2)6-22(18)13(11)14(8)23/h9-10,16,20,28H,4-7H2,1-3H3,(H2,19,25)/t9-,10+,16+,18?,21?/m0/s1. The van der Waals surface area contributed by atoms with Gasteiger partial charge in [0.05, 0.1) is 23.4 Å². The summed E-state index contributed by atoms with van der Waals surface area (Å²) >= 11 is 4.16. The number of carbonyl (C=O) groups is 3. The summed E-state index contributed by atoms with van der Waals surface area (Å²) in [5, 5.41) is 3.02. The molecule has 4 aliphatic rings. The third-order valence-electron chi connectivity index (χ3n) is 6.36. The molecule has 0 saturated carbocycles. The average Bonchev–Trinajstić information content (AvgIpc) is 3.04. The maximum Gasteiger partial charge on any atom is 0.404 e. The van der Waals surface area contributed by atoms with Crippen LogP contribution in [0.25, 0.3) is 0 Å².